The molecular formula is C14H14F2N4OS. The lowest BCUT2D eigenvalue weighted by Gasteiger charge is -2.34. The van der Waals surface area contributed by atoms with Crippen LogP contribution in [0.2, 0.25) is 0 Å². The maximum atomic E-state index is 13.7. The molecule has 0 saturated carbocycles. The van der Waals surface area contributed by atoms with Gasteiger partial charge in [0.15, 0.2) is 0 Å². The number of halogens is 2. The molecule has 8 heteroatoms. The summed E-state index contributed by atoms with van der Waals surface area (Å²) < 4.78 is 31.0. The number of nitrogens with zero attached hydrogens (tertiary/aromatic N) is 4. The molecule has 5 nitrogen and oxygen atoms in total. The summed E-state index contributed by atoms with van der Waals surface area (Å²) in [7, 11) is 0. The summed E-state index contributed by atoms with van der Waals surface area (Å²) >= 11 is 1.25. The summed E-state index contributed by atoms with van der Waals surface area (Å²) in [5.41, 5.74) is 0.188. The number of anilines is 1. The number of piperazine rings is 1. The Morgan fingerprint density at radius 3 is 2.82 bits per heavy atom. The number of hydrogen-bond acceptors (Lipinski definition) is 5. The van der Waals surface area contributed by atoms with E-state index in [4.69, 9.17) is 0 Å². The third kappa shape index (κ3) is 3.06. The van der Waals surface area contributed by atoms with Gasteiger partial charge in [-0.1, -0.05) is 0 Å². The van der Waals surface area contributed by atoms with E-state index in [9.17, 15) is 13.6 Å². The minimum absolute atomic E-state index is 0.0748. The van der Waals surface area contributed by atoms with Gasteiger partial charge in [0.25, 0.3) is 0 Å². The molecule has 1 fully saturated rings. The quantitative estimate of drug-likeness (QED) is 0.866. The van der Waals surface area contributed by atoms with E-state index < -0.39 is 11.6 Å². The molecule has 1 saturated heterocycles. The molecule has 0 atom stereocenters. The van der Waals surface area contributed by atoms with Gasteiger partial charge in [-0.3, -0.25) is 4.79 Å². The van der Waals surface area contributed by atoms with E-state index >= 15 is 0 Å². The van der Waals surface area contributed by atoms with Crippen LogP contribution >= 0.6 is 11.5 Å². The average molecular weight is 324 g/mol. The summed E-state index contributed by atoms with van der Waals surface area (Å²) in [4.78, 5) is 19.8. The Hall–Kier alpha value is -2.09. The Morgan fingerprint density at radius 1 is 1.32 bits per heavy atom. The van der Waals surface area contributed by atoms with Crippen molar-refractivity contribution in [1.82, 2.24) is 14.3 Å². The monoisotopic (exact) mass is 324 g/mol. The second-order valence-electron chi connectivity index (χ2n) is 5.10. The van der Waals surface area contributed by atoms with Crippen molar-refractivity contribution in [2.45, 2.75) is 13.5 Å². The molecule has 2 heterocycles. The van der Waals surface area contributed by atoms with Crippen LogP contribution in [0.15, 0.2) is 18.2 Å². The number of hydrogen-bond donors (Lipinski definition) is 0. The van der Waals surface area contributed by atoms with Gasteiger partial charge in [-0.25, -0.2) is 13.8 Å². The lowest BCUT2D eigenvalue weighted by molar-refractivity contribution is -0.131. The number of amides is 1. The molecule has 1 aliphatic rings. The molecule has 3 rings (SSSR count). The smallest absolute Gasteiger partial charge is 0.242 e. The van der Waals surface area contributed by atoms with Crippen molar-refractivity contribution < 1.29 is 13.6 Å². The maximum absolute atomic E-state index is 13.7. The fourth-order valence-corrected chi connectivity index (χ4v) is 3.02. The minimum Gasteiger partial charge on any atom is -0.336 e. The van der Waals surface area contributed by atoms with Crippen LogP contribution in [0.3, 0.4) is 0 Å². The van der Waals surface area contributed by atoms with Gasteiger partial charge in [0, 0.05) is 36.7 Å². The Balaban J connectivity index is 1.68. The third-order valence-electron chi connectivity index (χ3n) is 3.48. The highest BCUT2D eigenvalue weighted by molar-refractivity contribution is 7.09. The highest BCUT2D eigenvalue weighted by Crippen LogP contribution is 2.20. The molecule has 1 aromatic heterocycles. The van der Waals surface area contributed by atoms with Crippen LogP contribution in [0.4, 0.5) is 13.9 Å². The van der Waals surface area contributed by atoms with Crippen LogP contribution in [-0.4, -0.2) is 39.8 Å². The SMILES string of the molecule is Cc1nsc(N2CCN(Cc3cc(F)ccc3F)C(=O)C2)n1. The summed E-state index contributed by atoms with van der Waals surface area (Å²) in [5, 5.41) is 0.711. The van der Waals surface area contributed by atoms with Gasteiger partial charge in [-0.2, -0.15) is 4.37 Å². The van der Waals surface area contributed by atoms with Crippen molar-refractivity contribution >= 4 is 22.6 Å². The van der Waals surface area contributed by atoms with Gasteiger partial charge < -0.3 is 9.80 Å². The molecule has 116 valence electrons. The molecular weight excluding hydrogens is 310 g/mol. The summed E-state index contributed by atoms with van der Waals surface area (Å²) in [6.07, 6.45) is 0. The zero-order valence-electron chi connectivity index (χ0n) is 11.9. The molecule has 0 unspecified atom stereocenters. The number of carbonyl (C=O) groups is 1. The van der Waals surface area contributed by atoms with E-state index in [0.717, 1.165) is 18.2 Å². The number of aromatic nitrogens is 2. The second-order valence-corrected chi connectivity index (χ2v) is 5.83. The molecule has 0 N–H and O–H groups in total. The van der Waals surface area contributed by atoms with E-state index in [1.807, 2.05) is 4.90 Å². The molecule has 1 amide bonds. The van der Waals surface area contributed by atoms with E-state index in [2.05, 4.69) is 9.36 Å². The Labute approximate surface area is 130 Å². The van der Waals surface area contributed by atoms with Crippen molar-refractivity contribution in [3.8, 4) is 0 Å². The van der Waals surface area contributed by atoms with Gasteiger partial charge in [0.05, 0.1) is 6.54 Å². The largest absolute Gasteiger partial charge is 0.336 e. The fraction of sp³-hybridized carbons (Fsp3) is 0.357. The first kappa shape index (κ1) is 14.8. The van der Waals surface area contributed by atoms with Gasteiger partial charge in [0.1, 0.15) is 17.5 Å². The van der Waals surface area contributed by atoms with Crippen molar-refractivity contribution in [1.29, 1.82) is 0 Å². The zero-order chi connectivity index (χ0) is 15.7. The molecule has 0 bridgehead atoms. The van der Waals surface area contributed by atoms with Gasteiger partial charge in [0.2, 0.25) is 11.0 Å². The Morgan fingerprint density at radius 2 is 2.14 bits per heavy atom. The topological polar surface area (TPSA) is 49.3 Å². The predicted molar refractivity (Wildman–Crippen MR) is 78.6 cm³/mol. The molecule has 0 aliphatic carbocycles. The van der Waals surface area contributed by atoms with Gasteiger partial charge in [-0.05, 0) is 25.1 Å². The molecule has 0 radical (unpaired) electrons. The zero-order valence-corrected chi connectivity index (χ0v) is 12.7. The van der Waals surface area contributed by atoms with Crippen molar-refractivity contribution in [3.63, 3.8) is 0 Å². The average Bonchev–Trinajstić information content (AvgIpc) is 2.91. The van der Waals surface area contributed by atoms with E-state index in [0.29, 0.717) is 24.0 Å². The Kier molecular flexibility index (Phi) is 4.02. The molecule has 0 spiro atoms. The van der Waals surface area contributed by atoms with Crippen LogP contribution < -0.4 is 4.90 Å². The van der Waals surface area contributed by atoms with Gasteiger partial charge >= 0.3 is 0 Å². The highest BCUT2D eigenvalue weighted by atomic mass is 32.1. The van der Waals surface area contributed by atoms with E-state index in [1.54, 1.807) is 6.92 Å². The highest BCUT2D eigenvalue weighted by Gasteiger charge is 2.26. The first-order valence-electron chi connectivity index (χ1n) is 6.80. The molecule has 1 aliphatic heterocycles. The Bertz CT molecular complexity index is 706. The summed E-state index contributed by atoms with van der Waals surface area (Å²) in [5.74, 6) is -0.470. The predicted octanol–water partition coefficient (Wildman–Crippen LogP) is 1.97. The number of aryl methyl sites for hydroxylation is 1. The fourth-order valence-electron chi connectivity index (χ4n) is 2.32. The first-order valence-corrected chi connectivity index (χ1v) is 7.57. The van der Waals surface area contributed by atoms with Crippen LogP contribution in [0.25, 0.3) is 0 Å². The number of rotatable bonds is 3. The van der Waals surface area contributed by atoms with Crippen LogP contribution in [0.1, 0.15) is 11.4 Å². The van der Waals surface area contributed by atoms with Crippen LogP contribution in [-0.2, 0) is 11.3 Å². The summed E-state index contributed by atoms with van der Waals surface area (Å²) in [6, 6.07) is 3.27. The number of benzene rings is 1. The normalized spacial score (nSPS) is 15.5. The van der Waals surface area contributed by atoms with Crippen molar-refractivity contribution in [2.24, 2.45) is 0 Å². The van der Waals surface area contributed by atoms with E-state index in [1.165, 1.54) is 16.4 Å². The van der Waals surface area contributed by atoms with Crippen LogP contribution in [0, 0.1) is 18.6 Å². The molecule has 22 heavy (non-hydrogen) atoms. The molecule has 2 aromatic rings. The second kappa shape index (κ2) is 5.96. The van der Waals surface area contributed by atoms with Crippen LogP contribution in [0.5, 0.6) is 0 Å². The van der Waals surface area contributed by atoms with E-state index in [-0.39, 0.29) is 24.6 Å². The third-order valence-corrected chi connectivity index (χ3v) is 4.34. The van der Waals surface area contributed by atoms with Crippen molar-refractivity contribution in [3.05, 3.63) is 41.2 Å². The summed E-state index contributed by atoms with van der Waals surface area (Å²) in [6.45, 7) is 3.08. The lowest BCUT2D eigenvalue weighted by Crippen LogP contribution is -2.50. The van der Waals surface area contributed by atoms with Gasteiger partial charge in [-0.15, -0.1) is 0 Å². The standard InChI is InChI=1S/C14H14F2N4OS/c1-9-17-14(22-18-9)20-5-4-19(13(21)8-20)7-10-6-11(15)2-3-12(10)16/h2-3,6H,4-5,7-8H2,1H3. The minimum atomic E-state index is -0.508. The number of carbonyl (C=O) groups excluding carboxylic acids is 1. The van der Waals surface area contributed by atoms with Crippen molar-refractivity contribution in [2.75, 3.05) is 24.5 Å². The first-order chi connectivity index (χ1) is 10.5. The lowest BCUT2D eigenvalue weighted by atomic mass is 10.1. The molecule has 1 aromatic carbocycles. The maximum Gasteiger partial charge on any atom is 0.242 e.